The van der Waals surface area contributed by atoms with Crippen LogP contribution in [0.4, 0.5) is 0 Å². The molecule has 0 bridgehead atoms. The Morgan fingerprint density at radius 1 is 1.52 bits per heavy atom. The van der Waals surface area contributed by atoms with Gasteiger partial charge in [0.25, 0.3) is 0 Å². The maximum Gasteiger partial charge on any atom is 0.222 e. The van der Waals surface area contributed by atoms with E-state index in [1.165, 1.54) is 0 Å². The van der Waals surface area contributed by atoms with Crippen LogP contribution in [0, 0.1) is 0 Å². The predicted octanol–water partition coefficient (Wildman–Crippen LogP) is 2.56. The largest absolute Gasteiger partial charge is 0.469 e. The van der Waals surface area contributed by atoms with Gasteiger partial charge in [-0.2, -0.15) is 0 Å². The molecule has 0 saturated carbocycles. The summed E-state index contributed by atoms with van der Waals surface area (Å²) in [5, 5.41) is 6.77. The number of carbonyl (C=O) groups is 1. The van der Waals surface area contributed by atoms with Gasteiger partial charge in [0.1, 0.15) is 5.76 Å². The van der Waals surface area contributed by atoms with E-state index < -0.39 is 0 Å². The molecule has 1 fully saturated rings. The molecule has 1 amide bonds. The molecule has 1 unspecified atom stereocenters. The van der Waals surface area contributed by atoms with Gasteiger partial charge in [-0.1, -0.05) is 19.1 Å². The molecule has 1 aromatic heterocycles. The van der Waals surface area contributed by atoms with Crippen LogP contribution in [0.25, 0.3) is 0 Å². The lowest BCUT2D eigenvalue weighted by Crippen LogP contribution is -2.45. The van der Waals surface area contributed by atoms with Crippen molar-refractivity contribution >= 4 is 35.8 Å². The highest BCUT2D eigenvalue weighted by molar-refractivity contribution is 14.0. The van der Waals surface area contributed by atoms with Crippen LogP contribution < -0.4 is 10.6 Å². The average Bonchev–Trinajstić information content (AvgIpc) is 3.23. The number of nitrogens with zero attached hydrogens (tertiary/aromatic N) is 2. The molecule has 2 rings (SSSR count). The van der Waals surface area contributed by atoms with Crippen molar-refractivity contribution < 1.29 is 9.21 Å². The molecule has 140 valence electrons. The van der Waals surface area contributed by atoms with Gasteiger partial charge in [-0.25, -0.2) is 4.99 Å². The van der Waals surface area contributed by atoms with Crippen LogP contribution in [0.1, 0.15) is 32.4 Å². The Labute approximate surface area is 167 Å². The van der Waals surface area contributed by atoms with Crippen molar-refractivity contribution in [3.05, 3.63) is 36.3 Å². The summed E-state index contributed by atoms with van der Waals surface area (Å²) in [5.74, 6) is 1.92. The zero-order chi connectivity index (χ0) is 17.4. The van der Waals surface area contributed by atoms with Gasteiger partial charge in [-0.3, -0.25) is 4.79 Å². The summed E-state index contributed by atoms with van der Waals surface area (Å²) in [4.78, 5) is 18.3. The second-order valence-corrected chi connectivity index (χ2v) is 6.20. The molecule has 1 aliphatic rings. The number of nitrogens with one attached hydrogen (secondary N) is 2. The number of carbonyl (C=O) groups excluding carboxylic acids is 1. The van der Waals surface area contributed by atoms with Crippen LogP contribution in [0.15, 0.2) is 40.0 Å². The first-order valence-corrected chi connectivity index (χ1v) is 8.58. The summed E-state index contributed by atoms with van der Waals surface area (Å²) in [6.07, 6.45) is 3.98. The van der Waals surface area contributed by atoms with Crippen molar-refractivity contribution in [2.24, 2.45) is 4.99 Å². The number of furan rings is 1. The first-order chi connectivity index (χ1) is 11.6. The molecule has 0 aromatic carbocycles. The Kier molecular flexibility index (Phi) is 9.62. The maximum atomic E-state index is 11.8. The summed E-state index contributed by atoms with van der Waals surface area (Å²) in [5.41, 5.74) is 1.01. The van der Waals surface area contributed by atoms with Gasteiger partial charge in [-0.05, 0) is 25.5 Å². The zero-order valence-electron chi connectivity index (χ0n) is 15.1. The van der Waals surface area contributed by atoms with E-state index in [4.69, 9.17) is 4.42 Å². The van der Waals surface area contributed by atoms with Crippen LogP contribution >= 0.6 is 24.0 Å². The predicted molar refractivity (Wildman–Crippen MR) is 111 cm³/mol. The number of likely N-dealkylation sites (tertiary alicyclic amines) is 1. The van der Waals surface area contributed by atoms with Gasteiger partial charge in [0, 0.05) is 38.5 Å². The summed E-state index contributed by atoms with van der Waals surface area (Å²) in [6.45, 7) is 10.6. The monoisotopic (exact) mass is 460 g/mol. The van der Waals surface area contributed by atoms with E-state index in [-0.39, 0.29) is 35.9 Å². The highest BCUT2D eigenvalue weighted by atomic mass is 127. The third-order valence-electron chi connectivity index (χ3n) is 3.94. The Balaban J connectivity index is 0.00000312. The van der Waals surface area contributed by atoms with E-state index in [0.29, 0.717) is 13.0 Å². The van der Waals surface area contributed by atoms with Crippen LogP contribution in [-0.2, 0) is 11.2 Å². The first-order valence-electron chi connectivity index (χ1n) is 8.58. The van der Waals surface area contributed by atoms with Crippen LogP contribution in [0.2, 0.25) is 0 Å². The summed E-state index contributed by atoms with van der Waals surface area (Å²) < 4.78 is 5.34. The van der Waals surface area contributed by atoms with Crippen LogP contribution in [0.3, 0.4) is 0 Å². The molecule has 1 saturated heterocycles. The van der Waals surface area contributed by atoms with Gasteiger partial charge in [0.2, 0.25) is 5.91 Å². The third kappa shape index (κ3) is 7.50. The van der Waals surface area contributed by atoms with Gasteiger partial charge in [0.05, 0.1) is 12.8 Å². The maximum absolute atomic E-state index is 11.8. The molecular formula is C18H29IN4O2. The van der Waals surface area contributed by atoms with E-state index in [2.05, 4.69) is 22.2 Å². The smallest absolute Gasteiger partial charge is 0.222 e. The number of guanidine groups is 1. The molecule has 2 N–H and O–H groups in total. The van der Waals surface area contributed by atoms with Crippen LogP contribution in [-0.4, -0.2) is 49.0 Å². The Hall–Kier alpha value is -1.51. The van der Waals surface area contributed by atoms with Crippen molar-refractivity contribution in [2.75, 3.05) is 26.2 Å². The van der Waals surface area contributed by atoms with Crippen molar-refractivity contribution in [3.63, 3.8) is 0 Å². The quantitative estimate of drug-likeness (QED) is 0.284. The van der Waals surface area contributed by atoms with E-state index in [0.717, 1.165) is 49.8 Å². The van der Waals surface area contributed by atoms with Gasteiger partial charge in [0.15, 0.2) is 5.96 Å². The molecule has 1 aromatic rings. The van der Waals surface area contributed by atoms with E-state index >= 15 is 0 Å². The summed E-state index contributed by atoms with van der Waals surface area (Å²) in [7, 11) is 0. The van der Waals surface area contributed by atoms with Crippen molar-refractivity contribution in [1.82, 2.24) is 15.5 Å². The van der Waals surface area contributed by atoms with E-state index in [1.807, 2.05) is 30.9 Å². The van der Waals surface area contributed by atoms with Crippen molar-refractivity contribution in [3.8, 4) is 0 Å². The fourth-order valence-electron chi connectivity index (χ4n) is 2.65. The number of hydrogen-bond donors (Lipinski definition) is 2. The molecule has 1 aliphatic heterocycles. The lowest BCUT2D eigenvalue weighted by atomic mass is 10.2. The van der Waals surface area contributed by atoms with Gasteiger partial charge >= 0.3 is 0 Å². The lowest BCUT2D eigenvalue weighted by Gasteiger charge is -2.19. The fraction of sp³-hybridized carbons (Fsp3) is 0.556. The molecule has 2 heterocycles. The summed E-state index contributed by atoms with van der Waals surface area (Å²) >= 11 is 0. The Morgan fingerprint density at radius 3 is 2.96 bits per heavy atom. The Morgan fingerprint density at radius 2 is 2.32 bits per heavy atom. The normalized spacial score (nSPS) is 17.1. The highest BCUT2D eigenvalue weighted by Gasteiger charge is 2.25. The standard InChI is InChI=1S/C18H28N4O2.HI/c1-4-17(23)22-10-8-15(13-22)21-18(20-12-14(2)3)19-9-7-16-6-5-11-24-16;/h5-6,11,15H,2,4,7-10,12-13H2,1,3H3,(H2,19,20,21);1H. The molecule has 6 nitrogen and oxygen atoms in total. The van der Waals surface area contributed by atoms with Gasteiger partial charge in [-0.15, -0.1) is 24.0 Å². The Bertz CT molecular complexity index is 572. The van der Waals surface area contributed by atoms with E-state index in [1.54, 1.807) is 6.26 Å². The SMILES string of the molecule is C=C(C)CN=C(NCCc1ccco1)NC1CCN(C(=O)CC)C1.I. The fourth-order valence-corrected chi connectivity index (χ4v) is 2.65. The molecule has 0 aliphatic carbocycles. The molecule has 0 spiro atoms. The second kappa shape index (κ2) is 11.2. The third-order valence-corrected chi connectivity index (χ3v) is 3.94. The number of halogens is 1. The van der Waals surface area contributed by atoms with Crippen LogP contribution in [0.5, 0.6) is 0 Å². The first kappa shape index (κ1) is 21.5. The molecule has 0 radical (unpaired) electrons. The number of rotatable bonds is 7. The second-order valence-electron chi connectivity index (χ2n) is 6.20. The molecule has 1 atom stereocenters. The molecule has 7 heteroatoms. The lowest BCUT2D eigenvalue weighted by molar-refractivity contribution is -0.129. The number of hydrogen-bond acceptors (Lipinski definition) is 3. The topological polar surface area (TPSA) is 69.9 Å². The molecular weight excluding hydrogens is 431 g/mol. The minimum Gasteiger partial charge on any atom is -0.469 e. The zero-order valence-corrected chi connectivity index (χ0v) is 17.4. The number of aliphatic imine (C=N–C) groups is 1. The minimum absolute atomic E-state index is 0. The average molecular weight is 460 g/mol. The van der Waals surface area contributed by atoms with E-state index in [9.17, 15) is 4.79 Å². The minimum atomic E-state index is 0. The van der Waals surface area contributed by atoms with Crippen molar-refractivity contribution in [2.45, 2.75) is 39.2 Å². The number of amides is 1. The molecule has 25 heavy (non-hydrogen) atoms. The highest BCUT2D eigenvalue weighted by Crippen LogP contribution is 2.10. The van der Waals surface area contributed by atoms with Crippen molar-refractivity contribution in [1.29, 1.82) is 0 Å². The summed E-state index contributed by atoms with van der Waals surface area (Å²) in [6, 6.07) is 4.09. The van der Waals surface area contributed by atoms with Gasteiger partial charge < -0.3 is 20.0 Å².